The molecule has 0 aliphatic rings. The molecule has 56 heavy (non-hydrogen) atoms. The number of quaternary nitrogens is 1. The van der Waals surface area contributed by atoms with Gasteiger partial charge in [0.05, 0.1) is 39.9 Å². The maximum absolute atomic E-state index is 12.9. The number of hydrogen-bond acceptors (Lipinski definition) is 6. The molecule has 3 atom stereocenters. The van der Waals surface area contributed by atoms with Crippen molar-refractivity contribution in [3.05, 3.63) is 24.3 Å². The summed E-state index contributed by atoms with van der Waals surface area (Å²) >= 11 is 0. The minimum atomic E-state index is -4.59. The number of aliphatic hydroxyl groups is 1. The van der Waals surface area contributed by atoms with Crippen LogP contribution in [0.3, 0.4) is 0 Å². The molecule has 0 saturated carbocycles. The summed E-state index contributed by atoms with van der Waals surface area (Å²) in [5.41, 5.74) is 0. The highest BCUT2D eigenvalue weighted by atomic mass is 31.2. The number of amides is 1. The molecular formula is C47H93N2O6P. The van der Waals surface area contributed by atoms with Crippen molar-refractivity contribution in [1.29, 1.82) is 0 Å². The van der Waals surface area contributed by atoms with Gasteiger partial charge in [-0.25, -0.2) is 0 Å². The summed E-state index contributed by atoms with van der Waals surface area (Å²) in [7, 11) is 1.25. The van der Waals surface area contributed by atoms with Crippen LogP contribution in [-0.4, -0.2) is 68.5 Å². The third-order valence-corrected chi connectivity index (χ3v) is 11.6. The van der Waals surface area contributed by atoms with Gasteiger partial charge in [-0.15, -0.1) is 0 Å². The number of phosphoric ester groups is 1. The van der Waals surface area contributed by atoms with Crippen LogP contribution in [0.4, 0.5) is 0 Å². The van der Waals surface area contributed by atoms with E-state index in [1.807, 2.05) is 27.2 Å². The molecule has 3 unspecified atom stereocenters. The Hall–Kier alpha value is -1.02. The summed E-state index contributed by atoms with van der Waals surface area (Å²) in [6, 6.07) is -0.898. The Balaban J connectivity index is 4.37. The standard InChI is InChI=1S/C47H93N2O6P/c1-6-8-10-12-14-16-18-20-22-23-24-25-27-29-31-33-35-37-39-41-47(51)48-45(44-55-56(52,53)54-43-42-49(3,4)5)46(50)40-38-36-34-32-30-28-26-21-19-17-15-13-11-9-7-2/h30,32,38,40,45-46,50H,6-29,31,33-37,39,41-44H2,1-5H3,(H-,48,51,52,53)/b32-30+,40-38+. The second kappa shape index (κ2) is 39.4. The van der Waals surface area contributed by atoms with Gasteiger partial charge in [0.15, 0.2) is 0 Å². The molecule has 0 radical (unpaired) electrons. The Kier molecular flexibility index (Phi) is 38.7. The lowest BCUT2D eigenvalue weighted by Crippen LogP contribution is -2.45. The van der Waals surface area contributed by atoms with Crippen LogP contribution in [0.15, 0.2) is 24.3 Å². The Morgan fingerprint density at radius 2 is 1.00 bits per heavy atom. The zero-order chi connectivity index (χ0) is 41.4. The number of phosphoric acid groups is 1. The lowest BCUT2D eigenvalue weighted by atomic mass is 10.0. The molecule has 0 fully saturated rings. The highest BCUT2D eigenvalue weighted by Gasteiger charge is 2.23. The Morgan fingerprint density at radius 3 is 1.45 bits per heavy atom. The van der Waals surface area contributed by atoms with E-state index in [1.54, 1.807) is 6.08 Å². The summed E-state index contributed by atoms with van der Waals surface area (Å²) < 4.78 is 23.2. The number of nitrogens with zero attached hydrogens (tertiary/aromatic N) is 1. The van der Waals surface area contributed by atoms with Crippen LogP contribution >= 0.6 is 7.82 Å². The first-order valence-corrected chi connectivity index (χ1v) is 25.2. The summed E-state index contributed by atoms with van der Waals surface area (Å²) in [4.78, 5) is 25.3. The smallest absolute Gasteiger partial charge is 0.268 e. The van der Waals surface area contributed by atoms with Gasteiger partial charge in [0.1, 0.15) is 13.2 Å². The van der Waals surface area contributed by atoms with Crippen molar-refractivity contribution in [2.75, 3.05) is 40.9 Å². The van der Waals surface area contributed by atoms with Gasteiger partial charge in [-0.3, -0.25) is 9.36 Å². The number of carbonyl (C=O) groups excluding carboxylic acids is 1. The van der Waals surface area contributed by atoms with Gasteiger partial charge in [0, 0.05) is 6.42 Å². The molecule has 0 saturated heterocycles. The average molecular weight is 813 g/mol. The number of carbonyl (C=O) groups is 1. The fraction of sp³-hybridized carbons (Fsp3) is 0.894. The molecule has 0 bridgehead atoms. The molecule has 0 heterocycles. The van der Waals surface area contributed by atoms with Crippen LogP contribution in [0, 0.1) is 0 Å². The molecule has 0 aliphatic carbocycles. The van der Waals surface area contributed by atoms with Gasteiger partial charge in [-0.05, 0) is 32.1 Å². The molecule has 1 amide bonds. The van der Waals surface area contributed by atoms with E-state index in [0.29, 0.717) is 17.4 Å². The van der Waals surface area contributed by atoms with Gasteiger partial charge in [0.2, 0.25) is 5.91 Å². The van der Waals surface area contributed by atoms with Crippen LogP contribution < -0.4 is 10.2 Å². The molecule has 8 nitrogen and oxygen atoms in total. The molecule has 0 aromatic heterocycles. The van der Waals surface area contributed by atoms with E-state index in [0.717, 1.165) is 38.5 Å². The van der Waals surface area contributed by atoms with Gasteiger partial charge < -0.3 is 28.8 Å². The number of rotatable bonds is 43. The number of aliphatic hydroxyl groups excluding tert-OH is 1. The summed E-state index contributed by atoms with van der Waals surface area (Å²) in [6.45, 7) is 4.64. The van der Waals surface area contributed by atoms with Crippen molar-refractivity contribution >= 4 is 13.7 Å². The number of likely N-dealkylation sites (N-methyl/N-ethyl adjacent to an activating group) is 1. The quantitative estimate of drug-likeness (QED) is 0.0275. The third kappa shape index (κ3) is 41.2. The zero-order valence-electron chi connectivity index (χ0n) is 37.6. The SMILES string of the molecule is CCCCCCCCCCC/C=C/CC/C=C/C(O)C(COP(=O)([O-])OCC[N+](C)(C)C)NC(=O)CCCCCCCCCCCCCCCCCCCCC. The molecule has 0 aromatic rings. The first-order valence-electron chi connectivity index (χ1n) is 23.7. The van der Waals surface area contributed by atoms with Gasteiger partial charge >= 0.3 is 0 Å². The Morgan fingerprint density at radius 1 is 0.607 bits per heavy atom. The number of hydrogen-bond donors (Lipinski definition) is 2. The topological polar surface area (TPSA) is 108 Å². The van der Waals surface area contributed by atoms with Crippen molar-refractivity contribution < 1.29 is 32.9 Å². The molecule has 0 rings (SSSR count). The van der Waals surface area contributed by atoms with Gasteiger partial charge in [0.25, 0.3) is 7.82 Å². The van der Waals surface area contributed by atoms with E-state index in [2.05, 4.69) is 31.3 Å². The van der Waals surface area contributed by atoms with E-state index in [9.17, 15) is 19.4 Å². The van der Waals surface area contributed by atoms with Crippen molar-refractivity contribution in [1.82, 2.24) is 5.32 Å². The van der Waals surface area contributed by atoms with E-state index >= 15 is 0 Å². The third-order valence-electron chi connectivity index (χ3n) is 10.7. The average Bonchev–Trinajstić information content (AvgIpc) is 3.15. The number of unbranched alkanes of at least 4 members (excludes halogenated alkanes) is 28. The van der Waals surface area contributed by atoms with Crippen molar-refractivity contribution in [3.63, 3.8) is 0 Å². The maximum atomic E-state index is 12.9. The first kappa shape index (κ1) is 55.0. The predicted octanol–water partition coefficient (Wildman–Crippen LogP) is 12.7. The van der Waals surface area contributed by atoms with Crippen molar-refractivity contribution in [2.24, 2.45) is 0 Å². The fourth-order valence-electron chi connectivity index (χ4n) is 6.87. The number of allylic oxidation sites excluding steroid dienone is 3. The molecule has 332 valence electrons. The zero-order valence-corrected chi connectivity index (χ0v) is 38.5. The lowest BCUT2D eigenvalue weighted by molar-refractivity contribution is -0.870. The fourth-order valence-corrected chi connectivity index (χ4v) is 7.60. The normalized spacial score (nSPS) is 14.5. The van der Waals surface area contributed by atoms with E-state index in [-0.39, 0.29) is 19.1 Å². The van der Waals surface area contributed by atoms with E-state index < -0.39 is 20.0 Å². The minimum Gasteiger partial charge on any atom is -0.756 e. The minimum absolute atomic E-state index is 0.00416. The van der Waals surface area contributed by atoms with Crippen LogP contribution in [0.5, 0.6) is 0 Å². The largest absolute Gasteiger partial charge is 0.756 e. The molecule has 0 aromatic carbocycles. The second-order valence-electron chi connectivity index (χ2n) is 17.5. The molecule has 0 aliphatic heterocycles. The van der Waals surface area contributed by atoms with E-state index in [1.165, 1.54) is 161 Å². The van der Waals surface area contributed by atoms with Crippen molar-refractivity contribution in [2.45, 2.75) is 231 Å². The van der Waals surface area contributed by atoms with E-state index in [4.69, 9.17) is 9.05 Å². The number of nitrogens with one attached hydrogen (secondary N) is 1. The first-order chi connectivity index (χ1) is 27.0. The molecular weight excluding hydrogens is 719 g/mol. The van der Waals surface area contributed by atoms with Crippen LogP contribution in [0.2, 0.25) is 0 Å². The lowest BCUT2D eigenvalue weighted by Gasteiger charge is -2.29. The Bertz CT molecular complexity index is 969. The molecule has 2 N–H and O–H groups in total. The highest BCUT2D eigenvalue weighted by Crippen LogP contribution is 2.38. The second-order valence-corrected chi connectivity index (χ2v) is 18.9. The van der Waals surface area contributed by atoms with Crippen molar-refractivity contribution in [3.8, 4) is 0 Å². The van der Waals surface area contributed by atoms with Gasteiger partial charge in [-0.2, -0.15) is 0 Å². The maximum Gasteiger partial charge on any atom is 0.268 e. The molecule has 9 heteroatoms. The van der Waals surface area contributed by atoms with Crippen LogP contribution in [-0.2, 0) is 18.4 Å². The molecule has 0 spiro atoms. The summed E-state index contributed by atoms with van der Waals surface area (Å²) in [5.74, 6) is -0.205. The monoisotopic (exact) mass is 813 g/mol. The summed E-state index contributed by atoms with van der Waals surface area (Å²) in [5, 5.41) is 13.8. The summed E-state index contributed by atoms with van der Waals surface area (Å²) in [6.07, 6.45) is 46.6. The predicted molar refractivity (Wildman–Crippen MR) is 238 cm³/mol. The highest BCUT2D eigenvalue weighted by molar-refractivity contribution is 7.45. The van der Waals surface area contributed by atoms with Crippen LogP contribution in [0.1, 0.15) is 219 Å². The van der Waals surface area contributed by atoms with Crippen LogP contribution in [0.25, 0.3) is 0 Å². The van der Waals surface area contributed by atoms with Gasteiger partial charge in [-0.1, -0.05) is 205 Å². The Labute approximate surface area is 347 Å².